The summed E-state index contributed by atoms with van der Waals surface area (Å²) in [7, 11) is 0. The van der Waals surface area contributed by atoms with Crippen molar-refractivity contribution in [2.45, 2.75) is 39.2 Å². The molecule has 19 heavy (non-hydrogen) atoms. The monoisotopic (exact) mass is 355 g/mol. The van der Waals surface area contributed by atoms with Crippen molar-refractivity contribution in [1.29, 1.82) is 0 Å². The van der Waals surface area contributed by atoms with E-state index in [-0.39, 0.29) is 6.04 Å². The van der Waals surface area contributed by atoms with E-state index in [4.69, 9.17) is 4.74 Å². The van der Waals surface area contributed by atoms with Crippen molar-refractivity contribution >= 4 is 27.3 Å². The molecule has 0 saturated heterocycles. The Morgan fingerprint density at radius 2 is 2.21 bits per heavy atom. The molecule has 0 bridgehead atoms. The predicted octanol–water partition coefficient (Wildman–Crippen LogP) is 4.53. The summed E-state index contributed by atoms with van der Waals surface area (Å²) in [6, 6.07) is 2.31. The van der Waals surface area contributed by atoms with Crippen LogP contribution in [-0.4, -0.2) is 26.2 Å². The molecule has 1 aromatic heterocycles. The van der Waals surface area contributed by atoms with E-state index in [2.05, 4.69) is 34.2 Å². The van der Waals surface area contributed by atoms with Crippen LogP contribution >= 0.6 is 27.3 Å². The third-order valence-electron chi connectivity index (χ3n) is 2.66. The fourth-order valence-electron chi connectivity index (χ4n) is 1.69. The van der Waals surface area contributed by atoms with E-state index >= 15 is 0 Å². The Labute approximate surface area is 125 Å². The fourth-order valence-corrected chi connectivity index (χ4v) is 3.37. The summed E-state index contributed by atoms with van der Waals surface area (Å²) in [5.74, 6) is 0. The number of aryl methyl sites for hydroxylation is 1. The van der Waals surface area contributed by atoms with Gasteiger partial charge in [-0.3, -0.25) is 0 Å². The summed E-state index contributed by atoms with van der Waals surface area (Å²) in [6.07, 6.45) is -0.640. The van der Waals surface area contributed by atoms with Crippen LogP contribution in [0.15, 0.2) is 9.85 Å². The standard InChI is InChI=1S/C13H20BrF2NOS/c1-3-5-17-10(4-6-18-8-12(15)16)11-7-9(2)13(14)19-11/h7,10,12,17H,3-6,8H2,1-2H3. The summed E-state index contributed by atoms with van der Waals surface area (Å²) in [4.78, 5) is 1.22. The minimum Gasteiger partial charge on any atom is -0.375 e. The minimum absolute atomic E-state index is 0.174. The molecule has 0 saturated carbocycles. The summed E-state index contributed by atoms with van der Waals surface area (Å²) in [6.45, 7) is 4.93. The van der Waals surface area contributed by atoms with Crippen LogP contribution in [0.1, 0.15) is 36.2 Å². The Balaban J connectivity index is 2.51. The smallest absolute Gasteiger partial charge is 0.261 e. The van der Waals surface area contributed by atoms with Crippen molar-refractivity contribution in [2.24, 2.45) is 0 Å². The van der Waals surface area contributed by atoms with Gasteiger partial charge in [0, 0.05) is 17.5 Å². The number of hydrogen-bond donors (Lipinski definition) is 1. The van der Waals surface area contributed by atoms with Crippen LogP contribution in [0.4, 0.5) is 8.78 Å². The lowest BCUT2D eigenvalue weighted by atomic mass is 10.1. The molecule has 0 amide bonds. The van der Waals surface area contributed by atoms with Crippen LogP contribution < -0.4 is 5.32 Å². The first kappa shape index (κ1) is 17.0. The van der Waals surface area contributed by atoms with Gasteiger partial charge >= 0.3 is 0 Å². The van der Waals surface area contributed by atoms with Crippen LogP contribution in [0, 0.1) is 6.92 Å². The molecule has 2 nitrogen and oxygen atoms in total. The van der Waals surface area contributed by atoms with Crippen molar-refractivity contribution in [1.82, 2.24) is 5.32 Å². The van der Waals surface area contributed by atoms with Crippen LogP contribution in [0.25, 0.3) is 0 Å². The van der Waals surface area contributed by atoms with Gasteiger partial charge in [0.1, 0.15) is 6.61 Å². The Hall–Kier alpha value is -0.0400. The highest BCUT2D eigenvalue weighted by molar-refractivity contribution is 9.11. The summed E-state index contributed by atoms with van der Waals surface area (Å²) in [5.41, 5.74) is 1.21. The van der Waals surface area contributed by atoms with Crippen molar-refractivity contribution in [3.05, 3.63) is 20.3 Å². The highest BCUT2D eigenvalue weighted by Gasteiger charge is 2.15. The number of rotatable bonds is 9. The molecule has 1 aromatic rings. The molecule has 1 heterocycles. The van der Waals surface area contributed by atoms with E-state index in [1.165, 1.54) is 10.4 Å². The second-order valence-electron chi connectivity index (χ2n) is 4.37. The van der Waals surface area contributed by atoms with Crippen molar-refractivity contribution in [3.63, 3.8) is 0 Å². The average Bonchev–Trinajstić information content (AvgIpc) is 2.68. The second-order valence-corrected chi connectivity index (χ2v) is 6.77. The number of alkyl halides is 2. The topological polar surface area (TPSA) is 21.3 Å². The second kappa shape index (κ2) is 9.00. The first-order valence-corrected chi connectivity index (χ1v) is 8.00. The fraction of sp³-hybridized carbons (Fsp3) is 0.692. The van der Waals surface area contributed by atoms with Crippen molar-refractivity contribution in [3.8, 4) is 0 Å². The van der Waals surface area contributed by atoms with E-state index < -0.39 is 13.0 Å². The van der Waals surface area contributed by atoms with Gasteiger partial charge in [-0.2, -0.15) is 0 Å². The van der Waals surface area contributed by atoms with Gasteiger partial charge in [-0.05, 0) is 53.9 Å². The molecule has 1 unspecified atom stereocenters. The highest BCUT2D eigenvalue weighted by Crippen LogP contribution is 2.32. The first-order chi connectivity index (χ1) is 9.04. The molecule has 0 aliphatic carbocycles. The van der Waals surface area contributed by atoms with Gasteiger partial charge in [0.05, 0.1) is 3.79 Å². The first-order valence-electron chi connectivity index (χ1n) is 6.39. The highest BCUT2D eigenvalue weighted by atomic mass is 79.9. The molecule has 1 N–H and O–H groups in total. The lowest BCUT2D eigenvalue weighted by molar-refractivity contribution is 0.0144. The number of ether oxygens (including phenoxy) is 1. The zero-order valence-electron chi connectivity index (χ0n) is 11.2. The van der Waals surface area contributed by atoms with Crippen LogP contribution in [-0.2, 0) is 4.74 Å². The van der Waals surface area contributed by atoms with Gasteiger partial charge in [-0.1, -0.05) is 6.92 Å². The molecule has 1 rings (SSSR count). The van der Waals surface area contributed by atoms with Gasteiger partial charge in [-0.25, -0.2) is 8.78 Å². The largest absolute Gasteiger partial charge is 0.375 e. The van der Waals surface area contributed by atoms with Crippen molar-refractivity contribution < 1.29 is 13.5 Å². The number of thiophene rings is 1. The maximum absolute atomic E-state index is 12.0. The molecule has 6 heteroatoms. The van der Waals surface area contributed by atoms with Crippen LogP contribution in [0.5, 0.6) is 0 Å². The zero-order chi connectivity index (χ0) is 14.3. The summed E-state index contributed by atoms with van der Waals surface area (Å²) < 4.78 is 30.1. The molecule has 110 valence electrons. The zero-order valence-corrected chi connectivity index (χ0v) is 13.6. The van der Waals surface area contributed by atoms with Crippen LogP contribution in [0.3, 0.4) is 0 Å². The van der Waals surface area contributed by atoms with Crippen molar-refractivity contribution in [2.75, 3.05) is 19.8 Å². The quantitative estimate of drug-likeness (QED) is 0.657. The summed E-state index contributed by atoms with van der Waals surface area (Å²) >= 11 is 5.20. The van der Waals surface area contributed by atoms with E-state index in [1.54, 1.807) is 11.3 Å². The molecule has 0 radical (unpaired) electrons. The molecule has 1 atom stereocenters. The Morgan fingerprint density at radius 3 is 2.74 bits per heavy atom. The maximum Gasteiger partial charge on any atom is 0.261 e. The summed E-state index contributed by atoms with van der Waals surface area (Å²) in [5, 5.41) is 3.44. The van der Waals surface area contributed by atoms with Gasteiger partial charge in [0.15, 0.2) is 0 Å². The van der Waals surface area contributed by atoms with E-state index in [0.29, 0.717) is 13.0 Å². The van der Waals surface area contributed by atoms with Gasteiger partial charge < -0.3 is 10.1 Å². The molecule has 0 spiro atoms. The molecule has 0 aliphatic rings. The lowest BCUT2D eigenvalue weighted by Crippen LogP contribution is -2.23. The van der Waals surface area contributed by atoms with Gasteiger partial charge in [0.25, 0.3) is 6.43 Å². The Bertz CT molecular complexity index is 354. The van der Waals surface area contributed by atoms with E-state index in [9.17, 15) is 8.78 Å². The SMILES string of the molecule is CCCNC(CCOCC(F)F)c1cc(C)c(Br)s1. The minimum atomic E-state index is -2.39. The molecular formula is C13H20BrF2NOS. The Morgan fingerprint density at radius 1 is 1.47 bits per heavy atom. The van der Waals surface area contributed by atoms with Gasteiger partial charge in [0.2, 0.25) is 0 Å². The molecule has 0 aliphatic heterocycles. The predicted molar refractivity (Wildman–Crippen MR) is 79.2 cm³/mol. The lowest BCUT2D eigenvalue weighted by Gasteiger charge is -2.17. The van der Waals surface area contributed by atoms with Gasteiger partial charge in [-0.15, -0.1) is 11.3 Å². The Kier molecular flexibility index (Phi) is 8.06. The maximum atomic E-state index is 12.0. The number of hydrogen-bond acceptors (Lipinski definition) is 3. The third-order valence-corrected chi connectivity index (χ3v) is 4.91. The third kappa shape index (κ3) is 6.29. The van der Waals surface area contributed by atoms with Crippen LogP contribution in [0.2, 0.25) is 0 Å². The number of halogens is 3. The normalized spacial score (nSPS) is 13.2. The molecular weight excluding hydrogens is 336 g/mol. The number of nitrogens with one attached hydrogen (secondary N) is 1. The average molecular weight is 356 g/mol. The van der Waals surface area contributed by atoms with E-state index in [0.717, 1.165) is 16.8 Å². The van der Waals surface area contributed by atoms with E-state index in [1.807, 2.05) is 6.92 Å². The molecule has 0 fully saturated rings. The molecule has 0 aromatic carbocycles.